The maximum Gasteiger partial charge on any atom is 0.411 e. The zero-order valence-electron chi connectivity index (χ0n) is 11.6. The number of ether oxygens (including phenoxy) is 1. The van der Waals surface area contributed by atoms with Gasteiger partial charge in [0.25, 0.3) is 0 Å². The van der Waals surface area contributed by atoms with Crippen molar-refractivity contribution in [2.75, 3.05) is 19.8 Å². The minimum Gasteiger partial charge on any atom is -0.372 e. The van der Waals surface area contributed by atoms with E-state index < -0.39 is 12.8 Å². The minimum atomic E-state index is -4.20. The minimum absolute atomic E-state index is 0.194. The van der Waals surface area contributed by atoms with Crippen LogP contribution in [-0.2, 0) is 4.74 Å². The zero-order valence-corrected chi connectivity index (χ0v) is 11.6. The van der Waals surface area contributed by atoms with Crippen LogP contribution in [0.2, 0.25) is 0 Å². The van der Waals surface area contributed by atoms with Crippen LogP contribution in [0.4, 0.5) is 13.2 Å². The highest BCUT2D eigenvalue weighted by Gasteiger charge is 2.27. The van der Waals surface area contributed by atoms with Gasteiger partial charge in [0.1, 0.15) is 6.61 Å². The summed E-state index contributed by atoms with van der Waals surface area (Å²) in [6, 6.07) is 0.470. The number of alkyl halides is 3. The molecule has 0 aliphatic heterocycles. The fraction of sp³-hybridized carbons (Fsp3) is 1.00. The first-order valence-electron chi connectivity index (χ1n) is 6.73. The topological polar surface area (TPSA) is 21.3 Å². The zero-order chi connectivity index (χ0) is 14.0. The van der Waals surface area contributed by atoms with Gasteiger partial charge in [-0.3, -0.25) is 0 Å². The van der Waals surface area contributed by atoms with Crippen LogP contribution in [0.15, 0.2) is 0 Å². The van der Waals surface area contributed by atoms with Crippen LogP contribution in [0, 0.1) is 5.92 Å². The van der Waals surface area contributed by atoms with E-state index in [1.807, 2.05) is 0 Å². The Balaban J connectivity index is 3.54. The highest BCUT2D eigenvalue weighted by molar-refractivity contribution is 4.67. The number of nitrogens with one attached hydrogen (secondary N) is 1. The maximum absolute atomic E-state index is 11.8. The summed E-state index contributed by atoms with van der Waals surface area (Å²) < 4.78 is 40.0. The third-order valence-corrected chi connectivity index (χ3v) is 2.61. The summed E-state index contributed by atoms with van der Waals surface area (Å²) in [7, 11) is 0. The maximum atomic E-state index is 11.8. The first-order chi connectivity index (χ1) is 8.35. The molecule has 0 heterocycles. The van der Waals surface area contributed by atoms with Crippen LogP contribution >= 0.6 is 0 Å². The normalized spacial score (nSPS) is 14.2. The fourth-order valence-electron chi connectivity index (χ4n) is 1.94. The Morgan fingerprint density at radius 2 is 1.83 bits per heavy atom. The predicted molar refractivity (Wildman–Crippen MR) is 67.6 cm³/mol. The van der Waals surface area contributed by atoms with Crippen molar-refractivity contribution in [2.24, 2.45) is 5.92 Å². The molecule has 0 aliphatic rings. The molecule has 0 radical (unpaired) electrons. The van der Waals surface area contributed by atoms with E-state index in [2.05, 4.69) is 30.8 Å². The van der Waals surface area contributed by atoms with E-state index in [9.17, 15) is 13.2 Å². The van der Waals surface area contributed by atoms with Gasteiger partial charge in [-0.25, -0.2) is 0 Å². The van der Waals surface area contributed by atoms with Crippen molar-refractivity contribution in [3.8, 4) is 0 Å². The van der Waals surface area contributed by atoms with Crippen LogP contribution in [0.3, 0.4) is 0 Å². The van der Waals surface area contributed by atoms with E-state index >= 15 is 0 Å². The van der Waals surface area contributed by atoms with Gasteiger partial charge < -0.3 is 10.1 Å². The first-order valence-corrected chi connectivity index (χ1v) is 6.73. The lowest BCUT2D eigenvalue weighted by atomic mass is 9.99. The molecule has 2 nitrogen and oxygen atoms in total. The van der Waals surface area contributed by atoms with E-state index in [1.165, 1.54) is 0 Å². The van der Waals surface area contributed by atoms with Crippen molar-refractivity contribution in [2.45, 2.75) is 58.7 Å². The van der Waals surface area contributed by atoms with Gasteiger partial charge in [0.2, 0.25) is 0 Å². The molecule has 0 spiro atoms. The van der Waals surface area contributed by atoms with Crippen LogP contribution in [-0.4, -0.2) is 32.0 Å². The summed E-state index contributed by atoms with van der Waals surface area (Å²) in [5.74, 6) is 0.635. The monoisotopic (exact) mass is 269 g/mol. The van der Waals surface area contributed by atoms with Gasteiger partial charge >= 0.3 is 6.18 Å². The number of hydrogen-bond acceptors (Lipinski definition) is 2. The largest absolute Gasteiger partial charge is 0.411 e. The molecule has 1 atom stereocenters. The van der Waals surface area contributed by atoms with Crippen molar-refractivity contribution >= 4 is 0 Å². The lowest BCUT2D eigenvalue weighted by Gasteiger charge is -2.19. The SMILES string of the molecule is CCNC(CCCCOCC(F)(F)F)CC(C)C. The van der Waals surface area contributed by atoms with Crippen LogP contribution < -0.4 is 5.32 Å². The van der Waals surface area contributed by atoms with Crippen molar-refractivity contribution in [1.82, 2.24) is 5.32 Å². The molecule has 5 heteroatoms. The van der Waals surface area contributed by atoms with Gasteiger partial charge in [-0.2, -0.15) is 13.2 Å². The van der Waals surface area contributed by atoms with E-state index in [0.717, 1.165) is 25.8 Å². The standard InChI is InChI=1S/C13H26F3NO/c1-4-17-12(9-11(2)3)7-5-6-8-18-10-13(14,15)16/h11-12,17H,4-10H2,1-3H3. The molecule has 1 unspecified atom stereocenters. The Labute approximate surface area is 108 Å². The third kappa shape index (κ3) is 12.2. The Hall–Kier alpha value is -0.290. The Bertz CT molecular complexity index is 195. The molecule has 110 valence electrons. The Morgan fingerprint density at radius 1 is 1.17 bits per heavy atom. The molecule has 0 saturated carbocycles. The molecule has 0 saturated heterocycles. The van der Waals surface area contributed by atoms with Crippen molar-refractivity contribution < 1.29 is 17.9 Å². The summed E-state index contributed by atoms with van der Waals surface area (Å²) in [6.07, 6.45) is -0.499. The van der Waals surface area contributed by atoms with Crippen molar-refractivity contribution in [1.29, 1.82) is 0 Å². The summed E-state index contributed by atoms with van der Waals surface area (Å²) in [5.41, 5.74) is 0. The van der Waals surface area contributed by atoms with Crippen molar-refractivity contribution in [3.05, 3.63) is 0 Å². The summed E-state index contributed by atoms with van der Waals surface area (Å²) in [6.45, 7) is 6.42. The smallest absolute Gasteiger partial charge is 0.372 e. The molecule has 0 fully saturated rings. The van der Waals surface area contributed by atoms with Crippen molar-refractivity contribution in [3.63, 3.8) is 0 Å². The highest BCUT2D eigenvalue weighted by Crippen LogP contribution is 2.15. The molecule has 0 aromatic rings. The Morgan fingerprint density at radius 3 is 2.33 bits per heavy atom. The van der Waals surface area contributed by atoms with Gasteiger partial charge in [-0.05, 0) is 38.1 Å². The van der Waals surface area contributed by atoms with Gasteiger partial charge in [-0.1, -0.05) is 20.8 Å². The average Bonchev–Trinajstić information content (AvgIpc) is 2.21. The molecule has 0 aliphatic carbocycles. The average molecular weight is 269 g/mol. The summed E-state index contributed by atoms with van der Waals surface area (Å²) >= 11 is 0. The second-order valence-corrected chi connectivity index (χ2v) is 5.05. The summed E-state index contributed by atoms with van der Waals surface area (Å²) in [5, 5.41) is 3.41. The lowest BCUT2D eigenvalue weighted by molar-refractivity contribution is -0.174. The van der Waals surface area contributed by atoms with Crippen LogP contribution in [0.1, 0.15) is 46.5 Å². The molecule has 0 bridgehead atoms. The van der Waals surface area contributed by atoms with Gasteiger partial charge in [0, 0.05) is 12.6 Å². The van der Waals surface area contributed by atoms with E-state index in [-0.39, 0.29) is 6.61 Å². The van der Waals surface area contributed by atoms with Gasteiger partial charge in [-0.15, -0.1) is 0 Å². The number of rotatable bonds is 10. The van der Waals surface area contributed by atoms with Gasteiger partial charge in [0.05, 0.1) is 0 Å². The second kappa shape index (κ2) is 9.62. The molecule has 0 aromatic heterocycles. The summed E-state index contributed by atoms with van der Waals surface area (Å²) in [4.78, 5) is 0. The lowest BCUT2D eigenvalue weighted by Crippen LogP contribution is -2.30. The number of unbranched alkanes of at least 4 members (excludes halogenated alkanes) is 1. The third-order valence-electron chi connectivity index (χ3n) is 2.61. The molecule has 0 amide bonds. The molecule has 0 aromatic carbocycles. The molecule has 1 N–H and O–H groups in total. The van der Waals surface area contributed by atoms with E-state index in [0.29, 0.717) is 18.4 Å². The molecular weight excluding hydrogens is 243 g/mol. The van der Waals surface area contributed by atoms with E-state index in [1.54, 1.807) is 0 Å². The van der Waals surface area contributed by atoms with Crippen LogP contribution in [0.25, 0.3) is 0 Å². The predicted octanol–water partition coefficient (Wildman–Crippen LogP) is 3.76. The first kappa shape index (κ1) is 17.7. The highest BCUT2D eigenvalue weighted by atomic mass is 19.4. The number of hydrogen-bond donors (Lipinski definition) is 1. The Kier molecular flexibility index (Phi) is 9.46. The fourth-order valence-corrected chi connectivity index (χ4v) is 1.94. The van der Waals surface area contributed by atoms with E-state index in [4.69, 9.17) is 0 Å². The quantitative estimate of drug-likeness (QED) is 0.610. The second-order valence-electron chi connectivity index (χ2n) is 5.05. The molecular formula is C13H26F3NO. The molecule has 0 rings (SSSR count). The number of halogens is 3. The van der Waals surface area contributed by atoms with Gasteiger partial charge in [0.15, 0.2) is 0 Å². The van der Waals surface area contributed by atoms with Crippen LogP contribution in [0.5, 0.6) is 0 Å². The molecule has 18 heavy (non-hydrogen) atoms.